The monoisotopic (exact) mass is 214 g/mol. The zero-order valence-corrected chi connectivity index (χ0v) is 8.98. The minimum absolute atomic E-state index is 0.260. The molecule has 0 saturated carbocycles. The van der Waals surface area contributed by atoms with E-state index in [4.69, 9.17) is 10.8 Å². The van der Waals surface area contributed by atoms with Gasteiger partial charge in [-0.05, 0) is 19.8 Å². The minimum atomic E-state index is -0.925. The molecule has 3 N–H and O–H groups in total. The van der Waals surface area contributed by atoms with Crippen molar-refractivity contribution in [1.29, 1.82) is 0 Å². The highest BCUT2D eigenvalue weighted by Crippen LogP contribution is 2.17. The molecule has 1 unspecified atom stereocenters. The van der Waals surface area contributed by atoms with E-state index in [1.165, 1.54) is 4.90 Å². The van der Waals surface area contributed by atoms with Crippen LogP contribution in [0.15, 0.2) is 0 Å². The Bertz CT molecular complexity index is 253. The number of carboxylic acids is 1. The van der Waals surface area contributed by atoms with Crippen LogP contribution in [0.5, 0.6) is 0 Å². The SMILES string of the molecule is C[C@H](N)C(=O)N1CCCCCC1C(=O)O. The Morgan fingerprint density at radius 3 is 2.60 bits per heavy atom. The molecule has 1 aliphatic rings. The molecule has 86 valence electrons. The Balaban J connectivity index is 2.79. The van der Waals surface area contributed by atoms with Gasteiger partial charge in [0, 0.05) is 6.54 Å². The van der Waals surface area contributed by atoms with E-state index in [1.54, 1.807) is 6.92 Å². The van der Waals surface area contributed by atoms with Gasteiger partial charge in [0.25, 0.3) is 0 Å². The van der Waals surface area contributed by atoms with E-state index < -0.39 is 18.1 Å². The molecule has 1 amide bonds. The van der Waals surface area contributed by atoms with E-state index in [0.29, 0.717) is 13.0 Å². The zero-order valence-electron chi connectivity index (χ0n) is 8.98. The van der Waals surface area contributed by atoms with Crippen molar-refractivity contribution < 1.29 is 14.7 Å². The number of amides is 1. The normalized spacial score (nSPS) is 24.4. The van der Waals surface area contributed by atoms with E-state index in [1.807, 2.05) is 0 Å². The van der Waals surface area contributed by atoms with Crippen LogP contribution < -0.4 is 5.73 Å². The van der Waals surface area contributed by atoms with Crippen molar-refractivity contribution >= 4 is 11.9 Å². The summed E-state index contributed by atoms with van der Waals surface area (Å²) >= 11 is 0. The number of nitrogens with zero attached hydrogens (tertiary/aromatic N) is 1. The topological polar surface area (TPSA) is 83.6 Å². The van der Waals surface area contributed by atoms with Crippen molar-refractivity contribution in [2.45, 2.75) is 44.7 Å². The molecule has 0 aromatic carbocycles. The highest BCUT2D eigenvalue weighted by molar-refractivity contribution is 5.86. The summed E-state index contributed by atoms with van der Waals surface area (Å²) in [7, 11) is 0. The molecule has 1 aliphatic heterocycles. The molecule has 1 rings (SSSR count). The quantitative estimate of drug-likeness (QED) is 0.687. The van der Waals surface area contributed by atoms with Crippen LogP contribution in [-0.2, 0) is 9.59 Å². The first-order valence-electron chi connectivity index (χ1n) is 5.33. The zero-order chi connectivity index (χ0) is 11.4. The fourth-order valence-electron chi connectivity index (χ4n) is 1.89. The van der Waals surface area contributed by atoms with Crippen LogP contribution in [0, 0.1) is 0 Å². The Labute approximate surface area is 89.2 Å². The van der Waals surface area contributed by atoms with Crippen LogP contribution in [0.2, 0.25) is 0 Å². The van der Waals surface area contributed by atoms with Gasteiger partial charge in [-0.3, -0.25) is 4.79 Å². The number of hydrogen-bond acceptors (Lipinski definition) is 3. The van der Waals surface area contributed by atoms with Gasteiger partial charge >= 0.3 is 5.97 Å². The second-order valence-corrected chi connectivity index (χ2v) is 4.02. The van der Waals surface area contributed by atoms with E-state index in [-0.39, 0.29) is 5.91 Å². The van der Waals surface area contributed by atoms with Gasteiger partial charge in [-0.2, -0.15) is 0 Å². The van der Waals surface area contributed by atoms with Crippen molar-refractivity contribution in [2.24, 2.45) is 5.73 Å². The van der Waals surface area contributed by atoms with Gasteiger partial charge < -0.3 is 15.7 Å². The average Bonchev–Trinajstić information content (AvgIpc) is 2.40. The van der Waals surface area contributed by atoms with Crippen molar-refractivity contribution in [2.75, 3.05) is 6.54 Å². The molecule has 1 saturated heterocycles. The van der Waals surface area contributed by atoms with Crippen LogP contribution in [0.4, 0.5) is 0 Å². The third-order valence-electron chi connectivity index (χ3n) is 2.71. The third kappa shape index (κ3) is 2.92. The first-order valence-corrected chi connectivity index (χ1v) is 5.33. The first-order chi connectivity index (χ1) is 7.04. The molecular formula is C10H18N2O3. The highest BCUT2D eigenvalue weighted by Gasteiger charge is 2.31. The number of hydrogen-bond donors (Lipinski definition) is 2. The molecule has 0 aromatic rings. The average molecular weight is 214 g/mol. The maximum absolute atomic E-state index is 11.7. The number of nitrogens with two attached hydrogens (primary N) is 1. The van der Waals surface area contributed by atoms with Crippen molar-refractivity contribution in [3.63, 3.8) is 0 Å². The van der Waals surface area contributed by atoms with Crippen LogP contribution in [0.25, 0.3) is 0 Å². The van der Waals surface area contributed by atoms with Gasteiger partial charge in [-0.15, -0.1) is 0 Å². The number of carbonyl (C=O) groups is 2. The summed E-state index contributed by atoms with van der Waals surface area (Å²) in [5, 5.41) is 9.03. The fourth-order valence-corrected chi connectivity index (χ4v) is 1.89. The number of rotatable bonds is 2. The van der Waals surface area contributed by atoms with Gasteiger partial charge in [0.1, 0.15) is 6.04 Å². The summed E-state index contributed by atoms with van der Waals surface area (Å²) in [5.41, 5.74) is 5.50. The number of likely N-dealkylation sites (tertiary alicyclic amines) is 1. The van der Waals surface area contributed by atoms with Crippen LogP contribution in [0.1, 0.15) is 32.6 Å². The molecule has 0 radical (unpaired) electrons. The maximum Gasteiger partial charge on any atom is 0.326 e. The second-order valence-electron chi connectivity index (χ2n) is 4.02. The van der Waals surface area contributed by atoms with Crippen molar-refractivity contribution in [1.82, 2.24) is 4.90 Å². The van der Waals surface area contributed by atoms with Crippen LogP contribution in [0.3, 0.4) is 0 Å². The van der Waals surface area contributed by atoms with Crippen LogP contribution in [-0.4, -0.2) is 40.5 Å². The van der Waals surface area contributed by atoms with Gasteiger partial charge in [0.05, 0.1) is 6.04 Å². The fraction of sp³-hybridized carbons (Fsp3) is 0.800. The van der Waals surface area contributed by atoms with Crippen molar-refractivity contribution in [3.8, 4) is 0 Å². The predicted octanol–water partition coefficient (Wildman–Crippen LogP) is 0.189. The molecule has 0 aromatic heterocycles. The van der Waals surface area contributed by atoms with E-state index >= 15 is 0 Å². The second kappa shape index (κ2) is 5.11. The number of aliphatic carboxylic acids is 1. The Kier molecular flexibility index (Phi) is 4.08. The lowest BCUT2D eigenvalue weighted by atomic mass is 10.1. The molecular weight excluding hydrogens is 196 g/mol. The molecule has 2 atom stereocenters. The van der Waals surface area contributed by atoms with Gasteiger partial charge in [-0.25, -0.2) is 4.79 Å². The lowest BCUT2D eigenvalue weighted by molar-refractivity contribution is -0.150. The molecule has 1 fully saturated rings. The summed E-state index contributed by atoms with van der Waals surface area (Å²) in [5.74, 6) is -1.18. The van der Waals surface area contributed by atoms with E-state index in [2.05, 4.69) is 0 Å². The smallest absolute Gasteiger partial charge is 0.326 e. The Morgan fingerprint density at radius 1 is 1.40 bits per heavy atom. The molecule has 5 nitrogen and oxygen atoms in total. The molecule has 0 aliphatic carbocycles. The number of carboxylic acid groups (broad SMARTS) is 1. The van der Waals surface area contributed by atoms with E-state index in [9.17, 15) is 9.59 Å². The number of carbonyl (C=O) groups excluding carboxylic acids is 1. The lowest BCUT2D eigenvalue weighted by Crippen LogP contribution is -2.50. The standard InChI is InChI=1S/C10H18N2O3/c1-7(11)9(13)12-6-4-2-3-5-8(12)10(14)15/h7-8H,2-6,11H2,1H3,(H,14,15)/t7-,8?/m0/s1. The third-order valence-corrected chi connectivity index (χ3v) is 2.71. The molecule has 0 bridgehead atoms. The van der Waals surface area contributed by atoms with Gasteiger partial charge in [0.2, 0.25) is 5.91 Å². The Hall–Kier alpha value is -1.10. The molecule has 0 spiro atoms. The Morgan fingerprint density at radius 2 is 2.07 bits per heavy atom. The molecule has 15 heavy (non-hydrogen) atoms. The van der Waals surface area contributed by atoms with Crippen LogP contribution >= 0.6 is 0 Å². The summed E-state index contributed by atoms with van der Waals surface area (Å²) in [6.45, 7) is 2.10. The van der Waals surface area contributed by atoms with Gasteiger partial charge in [-0.1, -0.05) is 12.8 Å². The molecule has 5 heteroatoms. The summed E-state index contributed by atoms with van der Waals surface area (Å²) in [6, 6.07) is -1.31. The molecule has 1 heterocycles. The summed E-state index contributed by atoms with van der Waals surface area (Å²) in [4.78, 5) is 24.1. The maximum atomic E-state index is 11.7. The van der Waals surface area contributed by atoms with Gasteiger partial charge in [0.15, 0.2) is 0 Å². The van der Waals surface area contributed by atoms with E-state index in [0.717, 1.165) is 19.3 Å². The minimum Gasteiger partial charge on any atom is -0.480 e. The highest BCUT2D eigenvalue weighted by atomic mass is 16.4. The first kappa shape index (κ1) is 12.0. The predicted molar refractivity (Wildman–Crippen MR) is 55.3 cm³/mol. The summed E-state index contributed by atoms with van der Waals surface area (Å²) in [6.07, 6.45) is 3.24. The lowest BCUT2D eigenvalue weighted by Gasteiger charge is -2.28. The van der Waals surface area contributed by atoms with Crippen molar-refractivity contribution in [3.05, 3.63) is 0 Å². The summed E-state index contributed by atoms with van der Waals surface area (Å²) < 4.78 is 0. The largest absolute Gasteiger partial charge is 0.480 e.